The Labute approximate surface area is 287 Å². The molecule has 0 atom stereocenters. The molecule has 13 heteroatoms. The minimum Gasteiger partial charge on any atom is -0.504 e. The summed E-state index contributed by atoms with van der Waals surface area (Å²) in [5.74, 6) is 0.562. The fraction of sp³-hybridized carbons (Fsp3) is 0.417. The van der Waals surface area contributed by atoms with Crippen molar-refractivity contribution in [1.29, 1.82) is 0 Å². The zero-order chi connectivity index (χ0) is 36.1. The van der Waals surface area contributed by atoms with E-state index >= 15 is 0 Å². The molecule has 0 aliphatic carbocycles. The fourth-order valence-electron chi connectivity index (χ4n) is 5.29. The first kappa shape index (κ1) is 38.3. The number of amides is 3. The molecular formula is C36H48N4O9. The Morgan fingerprint density at radius 3 is 0.980 bits per heavy atom. The summed E-state index contributed by atoms with van der Waals surface area (Å²) >= 11 is 0. The van der Waals surface area contributed by atoms with Crippen molar-refractivity contribution in [3.05, 3.63) is 71.3 Å². The number of aromatic hydroxyl groups is 3. The van der Waals surface area contributed by atoms with Crippen molar-refractivity contribution >= 4 is 17.7 Å². The molecule has 266 valence electrons. The van der Waals surface area contributed by atoms with Gasteiger partial charge in [0.15, 0.2) is 34.5 Å². The van der Waals surface area contributed by atoms with E-state index in [1.165, 1.54) is 60.3 Å². The zero-order valence-electron chi connectivity index (χ0n) is 29.1. The van der Waals surface area contributed by atoms with Gasteiger partial charge in [0.25, 0.3) is 0 Å². The van der Waals surface area contributed by atoms with E-state index in [4.69, 9.17) is 14.2 Å². The SMILES string of the molecule is COc1cc(CN(CCN(CCN(Cc2ccc(O)c(OC)c2)C(C)=O)CCN(Cc2ccc(O)c(OC)c2)C(C)=O)C(C)=O)ccc1O. The third kappa shape index (κ3) is 11.5. The van der Waals surface area contributed by atoms with Crippen LogP contribution in [0.4, 0.5) is 0 Å². The molecule has 0 saturated heterocycles. The molecule has 0 aliphatic heterocycles. The number of carbonyl (C=O) groups is 3. The van der Waals surface area contributed by atoms with Gasteiger partial charge in [0.05, 0.1) is 21.3 Å². The second-order valence-electron chi connectivity index (χ2n) is 11.7. The van der Waals surface area contributed by atoms with Gasteiger partial charge in [-0.2, -0.15) is 0 Å². The average molecular weight is 681 g/mol. The van der Waals surface area contributed by atoms with E-state index in [9.17, 15) is 29.7 Å². The first-order valence-corrected chi connectivity index (χ1v) is 15.9. The largest absolute Gasteiger partial charge is 0.504 e. The fourth-order valence-corrected chi connectivity index (χ4v) is 5.29. The van der Waals surface area contributed by atoms with Crippen LogP contribution in [0.25, 0.3) is 0 Å². The normalized spacial score (nSPS) is 10.8. The van der Waals surface area contributed by atoms with Gasteiger partial charge in [-0.15, -0.1) is 0 Å². The lowest BCUT2D eigenvalue weighted by Gasteiger charge is -2.31. The molecule has 0 fully saturated rings. The molecule has 0 bridgehead atoms. The third-order valence-corrected chi connectivity index (χ3v) is 8.25. The molecule has 3 amide bonds. The van der Waals surface area contributed by atoms with Gasteiger partial charge in [-0.05, 0) is 53.1 Å². The number of hydrogen-bond donors (Lipinski definition) is 3. The van der Waals surface area contributed by atoms with Crippen LogP contribution in [0.5, 0.6) is 34.5 Å². The smallest absolute Gasteiger partial charge is 0.219 e. The number of nitrogens with zero attached hydrogens (tertiary/aromatic N) is 4. The zero-order valence-corrected chi connectivity index (χ0v) is 29.1. The monoisotopic (exact) mass is 680 g/mol. The lowest BCUT2D eigenvalue weighted by Crippen LogP contribution is -2.45. The van der Waals surface area contributed by atoms with Crippen LogP contribution in [0, 0.1) is 0 Å². The van der Waals surface area contributed by atoms with Crippen LogP contribution >= 0.6 is 0 Å². The Kier molecular flexibility index (Phi) is 14.4. The molecule has 0 radical (unpaired) electrons. The van der Waals surface area contributed by atoms with E-state index in [1.54, 1.807) is 51.1 Å². The van der Waals surface area contributed by atoms with Crippen LogP contribution in [-0.4, -0.2) is 113 Å². The van der Waals surface area contributed by atoms with E-state index in [0.717, 1.165) is 16.7 Å². The summed E-state index contributed by atoms with van der Waals surface area (Å²) in [5, 5.41) is 30.0. The number of hydrogen-bond acceptors (Lipinski definition) is 10. The van der Waals surface area contributed by atoms with Gasteiger partial charge < -0.3 is 44.2 Å². The Hall–Kier alpha value is -5.17. The number of benzene rings is 3. The average Bonchev–Trinajstić information content (AvgIpc) is 3.07. The second kappa shape index (κ2) is 18.4. The van der Waals surface area contributed by atoms with Crippen molar-refractivity contribution in [3.63, 3.8) is 0 Å². The summed E-state index contributed by atoms with van der Waals surface area (Å²) in [6.07, 6.45) is 0. The molecule has 49 heavy (non-hydrogen) atoms. The van der Waals surface area contributed by atoms with Crippen LogP contribution in [0.3, 0.4) is 0 Å². The van der Waals surface area contributed by atoms with Crippen LogP contribution in [0.2, 0.25) is 0 Å². The van der Waals surface area contributed by atoms with E-state index in [0.29, 0.717) is 76.2 Å². The van der Waals surface area contributed by atoms with Gasteiger partial charge in [-0.3, -0.25) is 19.3 Å². The van der Waals surface area contributed by atoms with Gasteiger partial charge in [-0.25, -0.2) is 0 Å². The quantitative estimate of drug-likeness (QED) is 0.182. The highest BCUT2D eigenvalue weighted by molar-refractivity contribution is 5.74. The number of carbonyl (C=O) groups excluding carboxylic acids is 3. The molecule has 3 rings (SSSR count). The van der Waals surface area contributed by atoms with Crippen molar-refractivity contribution in [2.24, 2.45) is 0 Å². The summed E-state index contributed by atoms with van der Waals surface area (Å²) in [6, 6.07) is 14.9. The van der Waals surface area contributed by atoms with Crippen molar-refractivity contribution in [3.8, 4) is 34.5 Å². The molecule has 0 heterocycles. The van der Waals surface area contributed by atoms with E-state index < -0.39 is 0 Å². The summed E-state index contributed by atoms with van der Waals surface area (Å²) < 4.78 is 15.7. The molecule has 0 saturated carbocycles. The molecular weight excluding hydrogens is 632 g/mol. The lowest BCUT2D eigenvalue weighted by atomic mass is 10.1. The standard InChI is InChI=1S/C36H48N4O9/c1-25(41)38(22-28-7-10-31(44)34(19-28)47-4)16-13-37(14-17-39(26(2)42)23-29-8-11-32(45)35(20-29)48-5)15-18-40(27(3)43)24-30-9-12-33(46)36(21-30)49-6/h7-12,19-21,44-46H,13-18,22-24H2,1-6H3. The molecule has 0 spiro atoms. The van der Waals surface area contributed by atoms with Crippen LogP contribution < -0.4 is 14.2 Å². The van der Waals surface area contributed by atoms with Gasteiger partial charge in [0.1, 0.15) is 0 Å². The van der Waals surface area contributed by atoms with Crippen LogP contribution in [0.15, 0.2) is 54.6 Å². The minimum atomic E-state index is -0.134. The van der Waals surface area contributed by atoms with Crippen LogP contribution in [0.1, 0.15) is 37.5 Å². The number of rotatable bonds is 18. The van der Waals surface area contributed by atoms with Crippen molar-refractivity contribution in [2.45, 2.75) is 40.4 Å². The number of phenolic OH excluding ortho intramolecular Hbond substituents is 3. The molecule has 0 unspecified atom stereocenters. The summed E-state index contributed by atoms with van der Waals surface area (Å²) in [4.78, 5) is 45.3. The van der Waals surface area contributed by atoms with E-state index in [1.807, 2.05) is 0 Å². The maximum absolute atomic E-state index is 12.7. The van der Waals surface area contributed by atoms with E-state index in [2.05, 4.69) is 4.90 Å². The van der Waals surface area contributed by atoms with Gasteiger partial charge in [-0.1, -0.05) is 18.2 Å². The Bertz CT molecular complexity index is 1400. The predicted octanol–water partition coefficient (Wildman–Crippen LogP) is 3.58. The number of phenols is 3. The van der Waals surface area contributed by atoms with Crippen molar-refractivity contribution < 1.29 is 43.9 Å². The Balaban J connectivity index is 1.79. The van der Waals surface area contributed by atoms with Crippen LogP contribution in [-0.2, 0) is 34.0 Å². The highest BCUT2D eigenvalue weighted by Gasteiger charge is 2.19. The molecule has 3 N–H and O–H groups in total. The Morgan fingerprint density at radius 2 is 0.755 bits per heavy atom. The predicted molar refractivity (Wildman–Crippen MR) is 184 cm³/mol. The topological polar surface area (TPSA) is 153 Å². The van der Waals surface area contributed by atoms with Crippen molar-refractivity contribution in [1.82, 2.24) is 19.6 Å². The molecule has 3 aromatic carbocycles. The van der Waals surface area contributed by atoms with Gasteiger partial charge in [0.2, 0.25) is 17.7 Å². The van der Waals surface area contributed by atoms with Gasteiger partial charge in [0, 0.05) is 79.7 Å². The minimum absolute atomic E-state index is 0.00773. The van der Waals surface area contributed by atoms with Crippen molar-refractivity contribution in [2.75, 3.05) is 60.6 Å². The summed E-state index contributed by atoms with van der Waals surface area (Å²) in [7, 11) is 4.39. The first-order valence-electron chi connectivity index (χ1n) is 15.9. The first-order chi connectivity index (χ1) is 23.3. The highest BCUT2D eigenvalue weighted by atomic mass is 16.5. The lowest BCUT2D eigenvalue weighted by molar-refractivity contribution is -0.129. The number of methoxy groups -OCH3 is 3. The third-order valence-electron chi connectivity index (χ3n) is 8.25. The van der Waals surface area contributed by atoms with Gasteiger partial charge >= 0.3 is 0 Å². The summed E-state index contributed by atoms with van der Waals surface area (Å²) in [5.41, 5.74) is 2.36. The molecule has 13 nitrogen and oxygen atoms in total. The highest BCUT2D eigenvalue weighted by Crippen LogP contribution is 2.29. The maximum atomic E-state index is 12.7. The molecule has 0 aliphatic rings. The second-order valence-corrected chi connectivity index (χ2v) is 11.7. The Morgan fingerprint density at radius 1 is 0.490 bits per heavy atom. The molecule has 3 aromatic rings. The van der Waals surface area contributed by atoms with E-state index in [-0.39, 0.29) is 35.0 Å². The maximum Gasteiger partial charge on any atom is 0.219 e. The number of ether oxygens (including phenoxy) is 3. The summed E-state index contributed by atoms with van der Waals surface area (Å²) in [6.45, 7) is 7.82. The molecule has 0 aromatic heterocycles.